The van der Waals surface area contributed by atoms with E-state index in [0.29, 0.717) is 0 Å². The average molecular weight is 376 g/mol. The van der Waals surface area contributed by atoms with Gasteiger partial charge >= 0.3 is 29.6 Å². The molecule has 0 aliphatic carbocycles. The molecule has 0 aliphatic rings. The van der Waals surface area contributed by atoms with Gasteiger partial charge in [0, 0.05) is 12.1 Å². The molecule has 2 aromatic rings. The Morgan fingerprint density at radius 1 is 1.04 bits per heavy atom. The van der Waals surface area contributed by atoms with E-state index in [1.807, 2.05) is 0 Å². The van der Waals surface area contributed by atoms with Crippen molar-refractivity contribution in [1.29, 1.82) is 0 Å². The van der Waals surface area contributed by atoms with Crippen LogP contribution in [0.4, 0.5) is 28.4 Å². The van der Waals surface area contributed by atoms with Crippen LogP contribution < -0.4 is 41.0 Å². The van der Waals surface area contributed by atoms with Gasteiger partial charge in [0.25, 0.3) is 15.8 Å². The van der Waals surface area contributed by atoms with Gasteiger partial charge in [0.05, 0.1) is 16.3 Å². The molecule has 126 valence electrons. The number of rotatable bonds is 4. The minimum Gasteiger partial charge on any atom is -0.506 e. The molecule has 0 fully saturated rings. The van der Waals surface area contributed by atoms with Gasteiger partial charge in [0.15, 0.2) is 0 Å². The summed E-state index contributed by atoms with van der Waals surface area (Å²) in [5, 5.41) is 27.6. The summed E-state index contributed by atoms with van der Waals surface area (Å²) in [7, 11) is -4.60. The van der Waals surface area contributed by atoms with Gasteiger partial charge in [-0.2, -0.15) is 8.42 Å². The van der Waals surface area contributed by atoms with E-state index in [1.54, 1.807) is 0 Å². The summed E-state index contributed by atoms with van der Waals surface area (Å²) >= 11 is 0. The number of aromatic hydroxyl groups is 1. The number of anilines is 2. The number of nitrogens with two attached hydrogens (primary N) is 2. The topological polar surface area (TPSA) is 194 Å². The third-order valence-corrected chi connectivity index (χ3v) is 3.78. The fourth-order valence-electron chi connectivity index (χ4n) is 1.73. The van der Waals surface area contributed by atoms with Crippen LogP contribution in [0.15, 0.2) is 45.5 Å². The van der Waals surface area contributed by atoms with Gasteiger partial charge < -0.3 is 16.6 Å². The van der Waals surface area contributed by atoms with E-state index in [0.717, 1.165) is 30.3 Å². The molecule has 0 amide bonds. The number of hydrogen-bond acceptors (Lipinski definition) is 9. The molecule has 0 radical (unpaired) electrons. The van der Waals surface area contributed by atoms with Crippen molar-refractivity contribution < 1.29 is 52.6 Å². The Kier molecular flexibility index (Phi) is 6.45. The molecule has 6 N–H and O–H groups in total. The minimum atomic E-state index is -4.60. The first-order valence-electron chi connectivity index (χ1n) is 6.15. The van der Waals surface area contributed by atoms with Crippen LogP contribution in [0.2, 0.25) is 0 Å². The quantitative estimate of drug-likeness (QED) is 0.132. The van der Waals surface area contributed by atoms with Crippen molar-refractivity contribution in [3.63, 3.8) is 0 Å². The molecule has 0 spiro atoms. The fourth-order valence-corrected chi connectivity index (χ4v) is 2.34. The molecule has 11 nitrogen and oxygen atoms in total. The molecule has 0 saturated carbocycles. The van der Waals surface area contributed by atoms with Crippen LogP contribution in [0, 0.1) is 10.1 Å². The molecule has 0 bridgehead atoms. The summed E-state index contributed by atoms with van der Waals surface area (Å²) < 4.78 is 31.5. The van der Waals surface area contributed by atoms with Gasteiger partial charge in [-0.3, -0.25) is 14.7 Å². The van der Waals surface area contributed by atoms with E-state index in [4.69, 9.17) is 16.0 Å². The molecule has 0 saturated heterocycles. The summed E-state index contributed by atoms with van der Waals surface area (Å²) in [6, 6.07) is 5.05. The number of hydrogen-bond donors (Lipinski definition) is 4. The average Bonchev–Trinajstić information content (AvgIpc) is 2.46. The van der Waals surface area contributed by atoms with E-state index in [1.165, 1.54) is 0 Å². The van der Waals surface area contributed by atoms with Crippen LogP contribution in [0.5, 0.6) is 5.75 Å². The second kappa shape index (κ2) is 7.76. The summed E-state index contributed by atoms with van der Waals surface area (Å²) in [6.07, 6.45) is 0. The number of non-ortho nitro benzene ring substituents is 1. The van der Waals surface area contributed by atoms with Crippen molar-refractivity contribution >= 4 is 38.6 Å². The van der Waals surface area contributed by atoms with Crippen molar-refractivity contribution in [1.82, 2.24) is 0 Å². The second-order valence-corrected chi connectivity index (χ2v) is 5.94. The van der Waals surface area contributed by atoms with Crippen LogP contribution in [0.25, 0.3) is 0 Å². The van der Waals surface area contributed by atoms with Crippen molar-refractivity contribution in [3.05, 3.63) is 40.4 Å². The van der Waals surface area contributed by atoms with Crippen molar-refractivity contribution in [2.75, 3.05) is 11.5 Å². The van der Waals surface area contributed by atoms with Crippen LogP contribution in [0.3, 0.4) is 0 Å². The third kappa shape index (κ3) is 4.87. The van der Waals surface area contributed by atoms with E-state index < -0.39 is 19.9 Å². The number of phenolic OH excluding ortho intramolecular Hbond substituents is 1. The largest absolute Gasteiger partial charge is 1.00 e. The Bertz CT molecular complexity index is 963. The Hall–Kier alpha value is -2.25. The molecule has 2 aromatic carbocycles. The number of nitrogen functional groups attached to an aromatic ring is 2. The zero-order chi connectivity index (χ0) is 18.1. The maximum absolute atomic E-state index is 11.2. The van der Waals surface area contributed by atoms with Crippen molar-refractivity contribution in [2.45, 2.75) is 4.90 Å². The molecular formula is C12H11N5NaO6S+. The molecule has 0 atom stereocenters. The summed E-state index contributed by atoms with van der Waals surface area (Å²) in [5.74, 6) is -0.381. The van der Waals surface area contributed by atoms with Crippen LogP contribution in [-0.2, 0) is 10.1 Å². The normalized spacial score (nSPS) is 11.2. The van der Waals surface area contributed by atoms with Gasteiger partial charge in [-0.1, -0.05) is 0 Å². The summed E-state index contributed by atoms with van der Waals surface area (Å²) in [4.78, 5) is 9.40. The van der Waals surface area contributed by atoms with Gasteiger partial charge in [0.2, 0.25) is 0 Å². The number of phenols is 1. The molecule has 25 heavy (non-hydrogen) atoms. The monoisotopic (exact) mass is 376 g/mol. The maximum atomic E-state index is 11.2. The molecule has 0 aliphatic heterocycles. The predicted octanol–water partition coefficient (Wildman–Crippen LogP) is -0.869. The molecule has 2 rings (SSSR count). The number of nitrogens with zero attached hydrogens (tertiary/aromatic N) is 3. The van der Waals surface area contributed by atoms with Crippen molar-refractivity contribution in [3.8, 4) is 5.75 Å². The summed E-state index contributed by atoms with van der Waals surface area (Å²) in [6.45, 7) is 0. The number of nitro benzene ring substituents is 1. The first-order valence-corrected chi connectivity index (χ1v) is 7.59. The number of nitro groups is 1. The van der Waals surface area contributed by atoms with Gasteiger partial charge in [-0.25, -0.2) is 0 Å². The van der Waals surface area contributed by atoms with Crippen molar-refractivity contribution in [2.24, 2.45) is 10.2 Å². The third-order valence-electron chi connectivity index (χ3n) is 2.87. The Morgan fingerprint density at radius 3 is 2.20 bits per heavy atom. The first kappa shape index (κ1) is 20.8. The molecule has 13 heteroatoms. The first-order chi connectivity index (χ1) is 11.1. The van der Waals surface area contributed by atoms with E-state index in [2.05, 4.69) is 10.2 Å². The van der Waals surface area contributed by atoms with Gasteiger partial charge in [0.1, 0.15) is 22.0 Å². The van der Waals surface area contributed by atoms with Gasteiger partial charge in [-0.15, -0.1) is 10.2 Å². The Balaban J connectivity index is 0.00000312. The molecule has 0 unspecified atom stereocenters. The SMILES string of the molecule is Nc1cc(N)c(S(=O)(=O)O)cc1N=Nc1cc([N+](=O)[O-])ccc1O.[Na+]. The number of benzene rings is 2. The molecule has 0 heterocycles. The van der Waals surface area contributed by atoms with Crippen LogP contribution in [-0.4, -0.2) is 23.0 Å². The van der Waals surface area contributed by atoms with E-state index in [9.17, 15) is 23.6 Å². The zero-order valence-corrected chi connectivity index (χ0v) is 15.6. The Labute approximate surface area is 163 Å². The minimum absolute atomic E-state index is 0. The fraction of sp³-hybridized carbons (Fsp3) is 0. The van der Waals surface area contributed by atoms with E-state index in [-0.39, 0.29) is 63.7 Å². The standard InChI is InChI=1S/C12H11N5O6S.Na/c13-7-4-8(14)12(24(21,22)23)5-9(7)15-16-10-3-6(17(19)20)1-2-11(10)18;/h1-5,18H,13-14H2,(H,21,22,23);/q;+1. The Morgan fingerprint density at radius 2 is 1.64 bits per heavy atom. The molecular weight excluding hydrogens is 365 g/mol. The van der Waals surface area contributed by atoms with Crippen LogP contribution >= 0.6 is 0 Å². The summed E-state index contributed by atoms with van der Waals surface area (Å²) in [5.41, 5.74) is 10.0. The molecule has 0 aromatic heterocycles. The zero-order valence-electron chi connectivity index (χ0n) is 12.8. The number of azo groups is 1. The second-order valence-electron chi connectivity index (χ2n) is 4.55. The van der Waals surface area contributed by atoms with Crippen LogP contribution in [0.1, 0.15) is 0 Å². The predicted molar refractivity (Wildman–Crippen MR) is 84.0 cm³/mol. The van der Waals surface area contributed by atoms with Gasteiger partial charge in [-0.05, 0) is 18.2 Å². The van der Waals surface area contributed by atoms with E-state index >= 15 is 0 Å². The maximum Gasteiger partial charge on any atom is 1.00 e. The smallest absolute Gasteiger partial charge is 0.506 e.